The lowest BCUT2D eigenvalue weighted by Gasteiger charge is -2.73. The predicted molar refractivity (Wildman–Crippen MR) is 132 cm³/mol. The quantitative estimate of drug-likeness (QED) is 0.454. The van der Waals surface area contributed by atoms with Crippen LogP contribution in [0.3, 0.4) is 0 Å². The van der Waals surface area contributed by atoms with Crippen molar-refractivity contribution in [1.29, 1.82) is 0 Å². The van der Waals surface area contributed by atoms with E-state index in [0.29, 0.717) is 28.1 Å². The highest BCUT2D eigenvalue weighted by Gasteiger charge is 2.71. The van der Waals surface area contributed by atoms with Crippen LogP contribution in [0, 0.1) is 62.6 Å². The minimum absolute atomic E-state index is 0.136. The summed E-state index contributed by atoms with van der Waals surface area (Å²) in [7, 11) is 0. The molecule has 2 heteroatoms. The minimum Gasteiger partial charge on any atom is -0.390 e. The molecule has 0 aromatic rings. The van der Waals surface area contributed by atoms with Gasteiger partial charge in [-0.15, -0.1) is 0 Å². The van der Waals surface area contributed by atoms with Crippen LogP contribution in [0.4, 0.5) is 0 Å². The second kappa shape index (κ2) is 6.99. The zero-order valence-electron chi connectivity index (χ0n) is 22.4. The van der Waals surface area contributed by atoms with Crippen molar-refractivity contribution in [3.63, 3.8) is 0 Å². The first kappa shape index (κ1) is 23.7. The average molecular weight is 445 g/mol. The van der Waals surface area contributed by atoms with Crippen LogP contribution in [0.2, 0.25) is 0 Å². The van der Waals surface area contributed by atoms with E-state index in [1.165, 1.54) is 51.4 Å². The lowest BCUT2D eigenvalue weighted by atomic mass is 9.32. The van der Waals surface area contributed by atoms with Gasteiger partial charge in [0.05, 0.1) is 12.2 Å². The summed E-state index contributed by atoms with van der Waals surface area (Å²) in [5.41, 5.74) is 1.26. The fourth-order valence-electron chi connectivity index (χ4n) is 11.9. The second-order valence-corrected chi connectivity index (χ2v) is 15.3. The molecular formula is C30H52O2. The molecule has 11 atom stereocenters. The van der Waals surface area contributed by atoms with E-state index in [0.717, 1.165) is 30.1 Å². The Balaban J connectivity index is 1.55. The second-order valence-electron chi connectivity index (χ2n) is 15.3. The molecule has 184 valence electrons. The number of hydrogen-bond donors (Lipinski definition) is 2. The summed E-state index contributed by atoms with van der Waals surface area (Å²) in [6.45, 7) is 20.0. The molecule has 2 nitrogen and oxygen atoms in total. The monoisotopic (exact) mass is 444 g/mol. The molecule has 0 aromatic carbocycles. The number of fused-ring (bicyclic) bond motifs is 7. The van der Waals surface area contributed by atoms with Crippen molar-refractivity contribution < 1.29 is 10.2 Å². The summed E-state index contributed by atoms with van der Waals surface area (Å²) in [5.74, 6) is 4.65. The number of aliphatic hydroxyl groups is 2. The lowest BCUT2D eigenvalue weighted by Crippen LogP contribution is -2.68. The lowest BCUT2D eigenvalue weighted by molar-refractivity contribution is -0.263. The molecule has 0 bridgehead atoms. The van der Waals surface area contributed by atoms with E-state index in [2.05, 4.69) is 55.4 Å². The maximum atomic E-state index is 11.0. The highest BCUT2D eigenvalue weighted by Crippen LogP contribution is 2.77. The Hall–Kier alpha value is -0.0800. The van der Waals surface area contributed by atoms with Crippen molar-refractivity contribution in [3.05, 3.63) is 0 Å². The van der Waals surface area contributed by atoms with Gasteiger partial charge in [0.2, 0.25) is 0 Å². The highest BCUT2D eigenvalue weighted by atomic mass is 16.3. The Morgan fingerprint density at radius 3 is 2.06 bits per heavy atom. The molecule has 0 amide bonds. The normalized spacial score (nSPS) is 59.2. The molecule has 0 saturated heterocycles. The summed E-state index contributed by atoms with van der Waals surface area (Å²) in [5, 5.41) is 21.9. The third kappa shape index (κ3) is 2.72. The molecule has 5 saturated carbocycles. The van der Waals surface area contributed by atoms with Gasteiger partial charge in [-0.05, 0) is 120 Å². The van der Waals surface area contributed by atoms with Crippen molar-refractivity contribution in [2.24, 2.45) is 62.6 Å². The van der Waals surface area contributed by atoms with E-state index in [1.807, 2.05) is 0 Å². The van der Waals surface area contributed by atoms with E-state index in [4.69, 9.17) is 0 Å². The van der Waals surface area contributed by atoms with Crippen molar-refractivity contribution in [1.82, 2.24) is 0 Å². The first-order valence-electron chi connectivity index (χ1n) is 14.1. The van der Waals surface area contributed by atoms with Crippen molar-refractivity contribution in [3.8, 4) is 0 Å². The fourth-order valence-corrected chi connectivity index (χ4v) is 11.9. The SMILES string of the molecule is CC(C)[C@@H]1CC[C@]2(C)CC[C@]3(C)[C@H](CC[C@@H]4[C@]5(C)C[C@@H](O)[C@H](O)C(C)(C)[C@@H]5CC[C@@]43C)[C@@H]12. The first-order valence-corrected chi connectivity index (χ1v) is 14.1. The maximum Gasteiger partial charge on any atom is 0.0852 e. The van der Waals surface area contributed by atoms with Gasteiger partial charge in [-0.25, -0.2) is 0 Å². The van der Waals surface area contributed by atoms with Crippen LogP contribution in [0.5, 0.6) is 0 Å². The minimum atomic E-state index is -0.586. The van der Waals surface area contributed by atoms with E-state index in [9.17, 15) is 10.2 Å². The number of aliphatic hydroxyl groups excluding tert-OH is 2. The van der Waals surface area contributed by atoms with Gasteiger partial charge >= 0.3 is 0 Å². The molecular weight excluding hydrogens is 392 g/mol. The Morgan fingerprint density at radius 2 is 1.41 bits per heavy atom. The van der Waals surface area contributed by atoms with Crippen LogP contribution in [0.15, 0.2) is 0 Å². The zero-order chi connectivity index (χ0) is 23.5. The molecule has 5 aliphatic rings. The fraction of sp³-hybridized carbons (Fsp3) is 1.00. The van der Waals surface area contributed by atoms with Gasteiger partial charge in [-0.1, -0.05) is 55.4 Å². The Kier molecular flexibility index (Phi) is 5.17. The smallest absolute Gasteiger partial charge is 0.0852 e. The van der Waals surface area contributed by atoms with E-state index in [1.54, 1.807) is 0 Å². The first-order chi connectivity index (χ1) is 14.7. The summed E-state index contributed by atoms with van der Waals surface area (Å²) in [4.78, 5) is 0. The van der Waals surface area contributed by atoms with Gasteiger partial charge in [0.15, 0.2) is 0 Å². The van der Waals surface area contributed by atoms with Gasteiger partial charge < -0.3 is 10.2 Å². The molecule has 5 fully saturated rings. The van der Waals surface area contributed by atoms with Gasteiger partial charge in [-0.3, -0.25) is 0 Å². The third-order valence-electron chi connectivity index (χ3n) is 13.7. The van der Waals surface area contributed by atoms with Crippen LogP contribution in [-0.4, -0.2) is 22.4 Å². The van der Waals surface area contributed by atoms with E-state index < -0.39 is 12.2 Å². The summed E-state index contributed by atoms with van der Waals surface area (Å²) in [6.07, 6.45) is 10.6. The summed E-state index contributed by atoms with van der Waals surface area (Å²) < 4.78 is 0. The Bertz CT molecular complexity index is 758. The van der Waals surface area contributed by atoms with Gasteiger partial charge in [0, 0.05) is 0 Å². The number of rotatable bonds is 1. The van der Waals surface area contributed by atoms with Gasteiger partial charge in [0.25, 0.3) is 0 Å². The van der Waals surface area contributed by atoms with Crippen LogP contribution >= 0.6 is 0 Å². The van der Waals surface area contributed by atoms with E-state index >= 15 is 0 Å². The standard InChI is InChI=1S/C30H52O2/c1-18(2)19-11-13-27(5)15-16-29(7)20(24(19)27)9-10-23-28(6)17-21(31)25(32)26(3,4)22(28)12-14-30(23,29)8/h18-25,31-32H,9-17H2,1-8H3/t19-,20+,21+,22-,23+,24+,25-,27+,28+,29+,30-/m0/s1. The van der Waals surface area contributed by atoms with Crippen LogP contribution in [0.1, 0.15) is 113 Å². The van der Waals surface area contributed by atoms with E-state index in [-0.39, 0.29) is 10.8 Å². The molecule has 5 rings (SSSR count). The molecule has 0 heterocycles. The van der Waals surface area contributed by atoms with Gasteiger partial charge in [0.1, 0.15) is 0 Å². The Morgan fingerprint density at radius 1 is 0.719 bits per heavy atom. The van der Waals surface area contributed by atoms with Gasteiger partial charge in [-0.2, -0.15) is 0 Å². The number of hydrogen-bond acceptors (Lipinski definition) is 2. The van der Waals surface area contributed by atoms with Crippen molar-refractivity contribution in [2.75, 3.05) is 0 Å². The van der Waals surface area contributed by atoms with Crippen LogP contribution in [-0.2, 0) is 0 Å². The molecule has 32 heavy (non-hydrogen) atoms. The van der Waals surface area contributed by atoms with Crippen molar-refractivity contribution in [2.45, 2.75) is 125 Å². The van der Waals surface area contributed by atoms with Crippen molar-refractivity contribution >= 4 is 0 Å². The largest absolute Gasteiger partial charge is 0.390 e. The molecule has 0 aromatic heterocycles. The highest BCUT2D eigenvalue weighted by molar-refractivity contribution is 5.19. The molecule has 0 aliphatic heterocycles. The molecule has 0 spiro atoms. The zero-order valence-corrected chi connectivity index (χ0v) is 22.4. The van der Waals surface area contributed by atoms with Crippen LogP contribution < -0.4 is 0 Å². The molecule has 5 aliphatic carbocycles. The summed E-state index contributed by atoms with van der Waals surface area (Å²) in [6, 6.07) is 0. The predicted octanol–water partition coefficient (Wildman–Crippen LogP) is 7.08. The molecule has 0 unspecified atom stereocenters. The van der Waals surface area contributed by atoms with Crippen LogP contribution in [0.25, 0.3) is 0 Å². The third-order valence-corrected chi connectivity index (χ3v) is 13.7. The summed E-state index contributed by atoms with van der Waals surface area (Å²) >= 11 is 0. The molecule has 0 radical (unpaired) electrons. The Labute approximate surface area is 198 Å². The average Bonchev–Trinajstić information content (AvgIpc) is 3.05. The maximum absolute atomic E-state index is 11.0. The molecule has 2 N–H and O–H groups in total. The topological polar surface area (TPSA) is 40.5 Å².